The van der Waals surface area contributed by atoms with Gasteiger partial charge in [0.2, 0.25) is 0 Å². The zero-order chi connectivity index (χ0) is 33.8. The van der Waals surface area contributed by atoms with Crippen molar-refractivity contribution in [2.75, 3.05) is 0 Å². The third-order valence-electron chi connectivity index (χ3n) is 11.8. The van der Waals surface area contributed by atoms with Crippen LogP contribution in [-0.2, 0) is 5.41 Å². The average molecular weight is 647 g/mol. The van der Waals surface area contributed by atoms with Gasteiger partial charge in [-0.05, 0) is 133 Å². The predicted molar refractivity (Wildman–Crippen MR) is 220 cm³/mol. The Balaban J connectivity index is 1.06. The molecule has 10 aromatic rings. The Morgan fingerprint density at radius 2 is 0.784 bits per heavy atom. The molecule has 10 aromatic carbocycles. The summed E-state index contributed by atoms with van der Waals surface area (Å²) in [5.74, 6) is 0. The van der Waals surface area contributed by atoms with E-state index < -0.39 is 0 Å². The summed E-state index contributed by atoms with van der Waals surface area (Å²) in [6, 6.07) is 63.7. The fourth-order valence-electron chi connectivity index (χ4n) is 9.28. The number of benzene rings is 10. The van der Waals surface area contributed by atoms with Crippen molar-refractivity contribution in [3.8, 4) is 33.4 Å². The summed E-state index contributed by atoms with van der Waals surface area (Å²) in [6.07, 6.45) is 0. The van der Waals surface area contributed by atoms with Crippen LogP contribution < -0.4 is 0 Å². The van der Waals surface area contributed by atoms with Crippen molar-refractivity contribution in [3.05, 3.63) is 181 Å². The highest BCUT2D eigenvalue weighted by Gasteiger charge is 2.36. The number of hydrogen-bond donors (Lipinski definition) is 0. The summed E-state index contributed by atoms with van der Waals surface area (Å²) in [6.45, 7) is 4.79. The molecule has 0 amide bonds. The zero-order valence-electron chi connectivity index (χ0n) is 28.7. The first-order chi connectivity index (χ1) is 25.0. The van der Waals surface area contributed by atoms with Gasteiger partial charge >= 0.3 is 0 Å². The van der Waals surface area contributed by atoms with Crippen molar-refractivity contribution < 1.29 is 0 Å². The Labute approximate surface area is 297 Å². The maximum absolute atomic E-state index is 2.46. The lowest BCUT2D eigenvalue weighted by Gasteiger charge is -2.23. The first-order valence-corrected chi connectivity index (χ1v) is 18.0. The molecule has 1 aliphatic carbocycles. The lowest BCUT2D eigenvalue weighted by atomic mass is 9.80. The summed E-state index contributed by atoms with van der Waals surface area (Å²) in [5.41, 5.74) is 10.4. The Kier molecular flexibility index (Phi) is 5.82. The summed E-state index contributed by atoms with van der Waals surface area (Å²) < 4.78 is 0. The molecule has 11 rings (SSSR count). The Hall–Kier alpha value is -6.24. The van der Waals surface area contributed by atoms with Crippen molar-refractivity contribution in [2.45, 2.75) is 19.3 Å². The lowest BCUT2D eigenvalue weighted by molar-refractivity contribution is 0.661. The maximum Gasteiger partial charge on any atom is 0.0159 e. The SMILES string of the molecule is CC1(C)c2cc(-c3ccc4c(c3)c3ccccc3c3c5ccccc5ccc43)ccc2-c2ccc(-c3cc4ccccc4c4ccccc34)cc21. The molecule has 0 bridgehead atoms. The predicted octanol–water partition coefficient (Wildman–Crippen LogP) is 14.2. The highest BCUT2D eigenvalue weighted by Crippen LogP contribution is 2.51. The van der Waals surface area contributed by atoms with E-state index in [0.29, 0.717) is 0 Å². The number of rotatable bonds is 2. The molecule has 0 N–H and O–H groups in total. The topological polar surface area (TPSA) is 0 Å². The molecule has 0 spiro atoms. The molecule has 0 radical (unpaired) electrons. The molecule has 0 aromatic heterocycles. The van der Waals surface area contributed by atoms with E-state index in [1.807, 2.05) is 0 Å². The normalized spacial score (nSPS) is 13.5. The molecular formula is C51H34. The van der Waals surface area contributed by atoms with E-state index in [0.717, 1.165) is 0 Å². The smallest absolute Gasteiger partial charge is 0.0159 e. The van der Waals surface area contributed by atoms with Crippen molar-refractivity contribution in [3.63, 3.8) is 0 Å². The van der Waals surface area contributed by atoms with E-state index >= 15 is 0 Å². The van der Waals surface area contributed by atoms with Gasteiger partial charge in [-0.25, -0.2) is 0 Å². The van der Waals surface area contributed by atoms with Crippen LogP contribution in [0.15, 0.2) is 170 Å². The molecule has 0 atom stereocenters. The molecule has 0 saturated heterocycles. The van der Waals surface area contributed by atoms with Crippen LogP contribution in [0.3, 0.4) is 0 Å². The largest absolute Gasteiger partial charge is 0.0616 e. The van der Waals surface area contributed by atoms with Crippen molar-refractivity contribution in [1.82, 2.24) is 0 Å². The van der Waals surface area contributed by atoms with E-state index in [9.17, 15) is 0 Å². The van der Waals surface area contributed by atoms with E-state index in [1.165, 1.54) is 109 Å². The van der Waals surface area contributed by atoms with Crippen LogP contribution in [0.25, 0.3) is 98.0 Å². The minimum Gasteiger partial charge on any atom is -0.0616 e. The quantitative estimate of drug-likeness (QED) is 0.164. The third-order valence-corrected chi connectivity index (χ3v) is 11.8. The fourth-order valence-corrected chi connectivity index (χ4v) is 9.28. The third kappa shape index (κ3) is 4.02. The summed E-state index contributed by atoms with van der Waals surface area (Å²) in [7, 11) is 0. The first-order valence-electron chi connectivity index (χ1n) is 18.0. The van der Waals surface area contributed by atoms with Crippen molar-refractivity contribution in [1.29, 1.82) is 0 Å². The average Bonchev–Trinajstić information content (AvgIpc) is 3.42. The number of fused-ring (bicyclic) bond motifs is 14. The van der Waals surface area contributed by atoms with E-state index in [-0.39, 0.29) is 5.41 Å². The van der Waals surface area contributed by atoms with Crippen LogP contribution >= 0.6 is 0 Å². The van der Waals surface area contributed by atoms with Gasteiger partial charge < -0.3 is 0 Å². The standard InChI is InChI=1S/C51H34/c1-51(2)48-29-33(32-20-23-41-45-26-19-31-11-3-6-14-37(31)50(45)44-18-10-9-17-40(44)47(41)27-32)21-24-42(48)43-25-22-35(30-49(43)51)46-28-34-12-4-5-13-36(34)38-15-7-8-16-39(38)46/h3-30H,1-2H3. The van der Waals surface area contributed by atoms with Crippen LogP contribution in [-0.4, -0.2) is 0 Å². The highest BCUT2D eigenvalue weighted by atomic mass is 14.4. The molecular weight excluding hydrogens is 613 g/mol. The van der Waals surface area contributed by atoms with Crippen LogP contribution in [0.5, 0.6) is 0 Å². The van der Waals surface area contributed by atoms with Gasteiger partial charge in [-0.2, -0.15) is 0 Å². The molecule has 0 fully saturated rings. The minimum atomic E-state index is -0.135. The Bertz CT molecular complexity index is 3080. The Morgan fingerprint density at radius 3 is 1.55 bits per heavy atom. The Morgan fingerprint density at radius 1 is 0.294 bits per heavy atom. The van der Waals surface area contributed by atoms with Gasteiger partial charge in [0.25, 0.3) is 0 Å². The number of hydrogen-bond acceptors (Lipinski definition) is 0. The van der Waals surface area contributed by atoms with Gasteiger partial charge in [-0.1, -0.05) is 159 Å². The van der Waals surface area contributed by atoms with Crippen LogP contribution in [0, 0.1) is 0 Å². The fraction of sp³-hybridized carbons (Fsp3) is 0.0588. The van der Waals surface area contributed by atoms with E-state index in [4.69, 9.17) is 0 Å². The second-order valence-electron chi connectivity index (χ2n) is 14.9. The summed E-state index contributed by atoms with van der Waals surface area (Å²) in [4.78, 5) is 0. The van der Waals surface area contributed by atoms with Crippen molar-refractivity contribution >= 4 is 64.6 Å². The van der Waals surface area contributed by atoms with Crippen LogP contribution in [0.1, 0.15) is 25.0 Å². The molecule has 51 heavy (non-hydrogen) atoms. The first kappa shape index (κ1) is 28.6. The van der Waals surface area contributed by atoms with Gasteiger partial charge in [-0.3, -0.25) is 0 Å². The van der Waals surface area contributed by atoms with Crippen LogP contribution in [0.2, 0.25) is 0 Å². The zero-order valence-corrected chi connectivity index (χ0v) is 28.7. The summed E-state index contributed by atoms with van der Waals surface area (Å²) >= 11 is 0. The van der Waals surface area contributed by atoms with Gasteiger partial charge in [0.05, 0.1) is 0 Å². The molecule has 0 nitrogen and oxygen atoms in total. The minimum absolute atomic E-state index is 0.135. The monoisotopic (exact) mass is 646 g/mol. The molecule has 0 aliphatic heterocycles. The summed E-state index contributed by atoms with van der Waals surface area (Å²) in [5, 5.41) is 15.7. The second-order valence-corrected chi connectivity index (χ2v) is 14.9. The molecule has 0 unspecified atom stereocenters. The van der Waals surface area contributed by atoms with Crippen molar-refractivity contribution in [2.24, 2.45) is 0 Å². The lowest BCUT2D eigenvalue weighted by Crippen LogP contribution is -2.15. The molecule has 238 valence electrons. The van der Waals surface area contributed by atoms with Gasteiger partial charge in [-0.15, -0.1) is 0 Å². The highest BCUT2D eigenvalue weighted by molar-refractivity contribution is 6.31. The molecule has 0 heterocycles. The van der Waals surface area contributed by atoms with E-state index in [1.54, 1.807) is 0 Å². The van der Waals surface area contributed by atoms with Crippen LogP contribution in [0.4, 0.5) is 0 Å². The second kappa shape index (κ2) is 10.4. The molecule has 0 saturated carbocycles. The van der Waals surface area contributed by atoms with Gasteiger partial charge in [0, 0.05) is 5.41 Å². The van der Waals surface area contributed by atoms with Gasteiger partial charge in [0.1, 0.15) is 0 Å². The van der Waals surface area contributed by atoms with Gasteiger partial charge in [0.15, 0.2) is 0 Å². The molecule has 1 aliphatic rings. The van der Waals surface area contributed by atoms with E-state index in [2.05, 4.69) is 184 Å². The maximum atomic E-state index is 2.46. The molecule has 0 heteroatoms.